The molecule has 0 aliphatic heterocycles. The first kappa shape index (κ1) is 11.9. The van der Waals surface area contributed by atoms with Crippen LogP contribution >= 0.6 is 0 Å². The second kappa shape index (κ2) is 4.22. The number of likely N-dealkylation sites (N-methyl/N-ethyl adjacent to an activating group) is 1. The number of ketones is 1. The van der Waals surface area contributed by atoms with E-state index in [9.17, 15) is 22.8 Å². The van der Waals surface area contributed by atoms with Gasteiger partial charge in [-0.05, 0) is 0 Å². The summed E-state index contributed by atoms with van der Waals surface area (Å²) in [5, 5.41) is 1.90. The fraction of sp³-hybridized carbons (Fsp3) is 0.667. The number of rotatable bonds is 3. The SMILES string of the molecule is CNC(=O)C(=O)C(N)CC(F)(F)F. The van der Waals surface area contributed by atoms with E-state index in [1.807, 2.05) is 5.32 Å². The van der Waals surface area contributed by atoms with Crippen molar-refractivity contribution in [2.24, 2.45) is 5.73 Å². The molecule has 0 aliphatic rings. The molecule has 4 nitrogen and oxygen atoms in total. The van der Waals surface area contributed by atoms with Gasteiger partial charge in [-0.25, -0.2) is 0 Å². The number of alkyl halides is 3. The molecule has 0 saturated heterocycles. The Morgan fingerprint density at radius 2 is 1.92 bits per heavy atom. The summed E-state index contributed by atoms with van der Waals surface area (Å²) in [5.74, 6) is -2.38. The van der Waals surface area contributed by atoms with Crippen molar-refractivity contribution in [3.05, 3.63) is 0 Å². The predicted octanol–water partition coefficient (Wildman–Crippen LogP) is -0.419. The number of Topliss-reactive ketones (excluding diaryl/α,β-unsaturated/α-hetero) is 1. The first-order valence-corrected chi connectivity index (χ1v) is 3.36. The molecule has 0 radical (unpaired) electrons. The van der Waals surface area contributed by atoms with Crippen molar-refractivity contribution in [3.8, 4) is 0 Å². The first-order chi connectivity index (χ1) is 5.78. The highest BCUT2D eigenvalue weighted by Gasteiger charge is 2.35. The van der Waals surface area contributed by atoms with Crippen LogP contribution in [0.25, 0.3) is 0 Å². The van der Waals surface area contributed by atoms with Crippen molar-refractivity contribution in [1.29, 1.82) is 0 Å². The van der Waals surface area contributed by atoms with Crippen LogP contribution < -0.4 is 11.1 Å². The van der Waals surface area contributed by atoms with Gasteiger partial charge in [0, 0.05) is 7.05 Å². The molecular weight excluding hydrogens is 189 g/mol. The fourth-order valence-electron chi connectivity index (χ4n) is 0.634. The smallest absolute Gasteiger partial charge is 0.353 e. The van der Waals surface area contributed by atoms with Crippen LogP contribution in [0.3, 0.4) is 0 Å². The molecule has 0 heterocycles. The van der Waals surface area contributed by atoms with Crippen molar-refractivity contribution < 1.29 is 22.8 Å². The molecule has 0 aliphatic carbocycles. The predicted molar refractivity (Wildman–Crippen MR) is 37.7 cm³/mol. The molecular formula is C6H9F3N2O2. The molecule has 0 spiro atoms. The van der Waals surface area contributed by atoms with Gasteiger partial charge in [0.2, 0.25) is 5.78 Å². The van der Waals surface area contributed by atoms with Crippen LogP contribution in [0.15, 0.2) is 0 Å². The number of hydrogen-bond donors (Lipinski definition) is 2. The molecule has 0 bridgehead atoms. The summed E-state index contributed by atoms with van der Waals surface area (Å²) in [4.78, 5) is 21.2. The van der Waals surface area contributed by atoms with Gasteiger partial charge in [0.25, 0.3) is 5.91 Å². The van der Waals surface area contributed by atoms with Crippen molar-refractivity contribution in [2.45, 2.75) is 18.6 Å². The maximum atomic E-state index is 11.7. The van der Waals surface area contributed by atoms with E-state index >= 15 is 0 Å². The third-order valence-corrected chi connectivity index (χ3v) is 1.24. The monoisotopic (exact) mass is 198 g/mol. The Kier molecular flexibility index (Phi) is 3.86. The molecule has 0 saturated carbocycles. The highest BCUT2D eigenvalue weighted by molar-refractivity contribution is 6.38. The van der Waals surface area contributed by atoms with E-state index in [1.54, 1.807) is 0 Å². The van der Waals surface area contributed by atoms with Crippen LogP contribution in [-0.2, 0) is 9.59 Å². The largest absolute Gasteiger partial charge is 0.391 e. The Morgan fingerprint density at radius 1 is 1.46 bits per heavy atom. The normalized spacial score (nSPS) is 13.6. The van der Waals surface area contributed by atoms with Gasteiger partial charge in [-0.3, -0.25) is 9.59 Å². The molecule has 3 N–H and O–H groups in total. The molecule has 1 unspecified atom stereocenters. The van der Waals surface area contributed by atoms with E-state index in [0.29, 0.717) is 0 Å². The quantitative estimate of drug-likeness (QED) is 0.605. The topological polar surface area (TPSA) is 72.2 Å². The second-order valence-corrected chi connectivity index (χ2v) is 2.37. The van der Waals surface area contributed by atoms with Crippen molar-refractivity contribution in [1.82, 2.24) is 5.32 Å². The van der Waals surface area contributed by atoms with E-state index in [4.69, 9.17) is 5.73 Å². The minimum absolute atomic E-state index is 1.11. The van der Waals surface area contributed by atoms with Gasteiger partial charge in [-0.2, -0.15) is 13.2 Å². The molecule has 1 atom stereocenters. The maximum absolute atomic E-state index is 11.7. The Morgan fingerprint density at radius 3 is 2.23 bits per heavy atom. The Hall–Kier alpha value is -1.11. The van der Waals surface area contributed by atoms with Crippen molar-refractivity contribution in [3.63, 3.8) is 0 Å². The molecule has 0 rings (SSSR count). The van der Waals surface area contributed by atoms with E-state index in [0.717, 1.165) is 7.05 Å². The summed E-state index contributed by atoms with van der Waals surface area (Å²) in [6, 6.07) is -1.82. The number of amides is 1. The zero-order valence-corrected chi connectivity index (χ0v) is 6.81. The lowest BCUT2D eigenvalue weighted by Crippen LogP contribution is -2.43. The maximum Gasteiger partial charge on any atom is 0.391 e. The van der Waals surface area contributed by atoms with E-state index in [1.165, 1.54) is 0 Å². The second-order valence-electron chi connectivity index (χ2n) is 2.37. The van der Waals surface area contributed by atoms with Gasteiger partial charge >= 0.3 is 6.18 Å². The van der Waals surface area contributed by atoms with E-state index in [2.05, 4.69) is 0 Å². The third-order valence-electron chi connectivity index (χ3n) is 1.24. The highest BCUT2D eigenvalue weighted by Crippen LogP contribution is 2.20. The van der Waals surface area contributed by atoms with Crippen LogP contribution in [-0.4, -0.2) is 31.0 Å². The number of nitrogens with two attached hydrogens (primary N) is 1. The lowest BCUT2D eigenvalue weighted by atomic mass is 10.1. The van der Waals surface area contributed by atoms with Crippen LogP contribution in [0.5, 0.6) is 0 Å². The van der Waals surface area contributed by atoms with Gasteiger partial charge in [0.15, 0.2) is 0 Å². The lowest BCUT2D eigenvalue weighted by Gasteiger charge is -2.11. The number of carbonyl (C=O) groups excluding carboxylic acids is 2. The van der Waals surface area contributed by atoms with Gasteiger partial charge in [-0.1, -0.05) is 0 Å². The molecule has 7 heteroatoms. The third kappa shape index (κ3) is 4.46. The number of nitrogens with one attached hydrogen (secondary N) is 1. The average Bonchev–Trinajstić information content (AvgIpc) is 1.98. The standard InChI is InChI=1S/C6H9F3N2O2/c1-11-5(13)4(12)3(10)2-6(7,8)9/h3H,2,10H2,1H3,(H,11,13). The summed E-state index contributed by atoms with van der Waals surface area (Å²) < 4.78 is 35.0. The molecule has 76 valence electrons. The van der Waals surface area contributed by atoms with E-state index < -0.39 is 30.3 Å². The number of halogens is 3. The minimum Gasteiger partial charge on any atom is -0.353 e. The van der Waals surface area contributed by atoms with Crippen LogP contribution in [0.4, 0.5) is 13.2 Å². The number of carbonyl (C=O) groups is 2. The summed E-state index contributed by atoms with van der Waals surface area (Å²) in [6.45, 7) is 0. The molecule has 0 fully saturated rings. The van der Waals surface area contributed by atoms with Gasteiger partial charge in [-0.15, -0.1) is 0 Å². The first-order valence-electron chi connectivity index (χ1n) is 3.36. The summed E-state index contributed by atoms with van der Waals surface area (Å²) in [5.41, 5.74) is 4.85. The molecule has 0 aromatic rings. The Labute approximate surface area is 72.3 Å². The van der Waals surface area contributed by atoms with Crippen LogP contribution in [0.1, 0.15) is 6.42 Å². The summed E-state index contributed by atoms with van der Waals surface area (Å²) in [6.07, 6.45) is -6.03. The van der Waals surface area contributed by atoms with Gasteiger partial charge < -0.3 is 11.1 Å². The zero-order chi connectivity index (χ0) is 10.6. The molecule has 0 aromatic heterocycles. The summed E-state index contributed by atoms with van der Waals surface area (Å²) in [7, 11) is 1.14. The fourth-order valence-corrected chi connectivity index (χ4v) is 0.634. The Balaban J connectivity index is 4.20. The minimum atomic E-state index is -4.54. The lowest BCUT2D eigenvalue weighted by molar-refractivity contribution is -0.150. The van der Waals surface area contributed by atoms with E-state index in [-0.39, 0.29) is 0 Å². The summed E-state index contributed by atoms with van der Waals surface area (Å²) >= 11 is 0. The van der Waals surface area contributed by atoms with Crippen LogP contribution in [0, 0.1) is 0 Å². The van der Waals surface area contributed by atoms with Gasteiger partial charge in [0.05, 0.1) is 12.5 Å². The molecule has 1 amide bonds. The van der Waals surface area contributed by atoms with Gasteiger partial charge in [0.1, 0.15) is 0 Å². The highest BCUT2D eigenvalue weighted by atomic mass is 19.4. The number of hydrogen-bond acceptors (Lipinski definition) is 3. The van der Waals surface area contributed by atoms with Crippen molar-refractivity contribution >= 4 is 11.7 Å². The zero-order valence-electron chi connectivity index (χ0n) is 6.81. The van der Waals surface area contributed by atoms with Crippen molar-refractivity contribution in [2.75, 3.05) is 7.05 Å². The molecule has 13 heavy (non-hydrogen) atoms. The molecule has 0 aromatic carbocycles. The Bertz CT molecular complexity index is 214. The average molecular weight is 198 g/mol. The van der Waals surface area contributed by atoms with Crippen LogP contribution in [0.2, 0.25) is 0 Å².